The van der Waals surface area contributed by atoms with Crippen LogP contribution < -0.4 is 5.73 Å². The predicted molar refractivity (Wildman–Crippen MR) is 81.0 cm³/mol. The van der Waals surface area contributed by atoms with Crippen molar-refractivity contribution in [2.45, 2.75) is 11.4 Å². The van der Waals surface area contributed by atoms with E-state index in [1.165, 1.54) is 23.5 Å². The van der Waals surface area contributed by atoms with E-state index in [9.17, 15) is 8.42 Å². The highest BCUT2D eigenvalue weighted by Crippen LogP contribution is 2.20. The summed E-state index contributed by atoms with van der Waals surface area (Å²) in [5, 5.41) is 0.392. The normalized spacial score (nSPS) is 11.8. The van der Waals surface area contributed by atoms with Crippen LogP contribution in [-0.4, -0.2) is 19.8 Å². The minimum Gasteiger partial charge on any atom is -0.399 e. The molecular formula is C14H15ClN2O2S. The smallest absolute Gasteiger partial charge is 0.243 e. The van der Waals surface area contributed by atoms with E-state index in [0.717, 1.165) is 5.56 Å². The maximum Gasteiger partial charge on any atom is 0.243 e. The number of anilines is 1. The van der Waals surface area contributed by atoms with Gasteiger partial charge < -0.3 is 5.73 Å². The minimum absolute atomic E-state index is 0.177. The molecule has 106 valence electrons. The second-order valence-electron chi connectivity index (χ2n) is 4.46. The summed E-state index contributed by atoms with van der Waals surface area (Å²) in [6.07, 6.45) is 0. The molecule has 2 rings (SSSR count). The standard InChI is InChI=1S/C14H15ClN2O2S/c1-17(10-11-4-2-6-13(16)8-11)20(18,19)14-7-3-5-12(15)9-14/h2-9H,10,16H2,1H3. The van der Waals surface area contributed by atoms with Crippen LogP contribution in [0.15, 0.2) is 53.4 Å². The van der Waals surface area contributed by atoms with Crippen LogP contribution in [0.25, 0.3) is 0 Å². The third-order valence-corrected chi connectivity index (χ3v) is 4.90. The highest BCUT2D eigenvalue weighted by molar-refractivity contribution is 7.89. The van der Waals surface area contributed by atoms with E-state index in [0.29, 0.717) is 10.7 Å². The van der Waals surface area contributed by atoms with Crippen molar-refractivity contribution in [1.29, 1.82) is 0 Å². The molecule has 0 radical (unpaired) electrons. The molecule has 0 spiro atoms. The second-order valence-corrected chi connectivity index (χ2v) is 6.94. The molecule has 0 aliphatic heterocycles. The fourth-order valence-corrected chi connectivity index (χ4v) is 3.30. The van der Waals surface area contributed by atoms with Crippen LogP contribution in [0.3, 0.4) is 0 Å². The highest BCUT2D eigenvalue weighted by Gasteiger charge is 2.21. The van der Waals surface area contributed by atoms with E-state index >= 15 is 0 Å². The van der Waals surface area contributed by atoms with E-state index in [2.05, 4.69) is 0 Å². The topological polar surface area (TPSA) is 63.4 Å². The van der Waals surface area contributed by atoms with Crippen LogP contribution >= 0.6 is 11.6 Å². The Hall–Kier alpha value is -1.56. The Bertz CT molecular complexity index is 717. The first-order chi connectivity index (χ1) is 9.39. The average Bonchev–Trinajstić information content (AvgIpc) is 2.38. The van der Waals surface area contributed by atoms with Crippen molar-refractivity contribution in [1.82, 2.24) is 4.31 Å². The summed E-state index contributed by atoms with van der Waals surface area (Å²) in [7, 11) is -2.04. The quantitative estimate of drug-likeness (QED) is 0.883. The number of nitrogen functional groups attached to an aromatic ring is 1. The first-order valence-electron chi connectivity index (χ1n) is 5.96. The summed E-state index contributed by atoms with van der Waals surface area (Å²) in [6, 6.07) is 13.4. The number of hydrogen-bond acceptors (Lipinski definition) is 3. The summed E-state index contributed by atoms with van der Waals surface area (Å²) in [4.78, 5) is 0.177. The van der Waals surface area contributed by atoms with Gasteiger partial charge in [0.15, 0.2) is 0 Å². The lowest BCUT2D eigenvalue weighted by atomic mass is 10.2. The van der Waals surface area contributed by atoms with Gasteiger partial charge in [-0.3, -0.25) is 0 Å². The Kier molecular flexibility index (Phi) is 4.32. The van der Waals surface area contributed by atoms with Gasteiger partial charge in [0.2, 0.25) is 10.0 Å². The second kappa shape index (κ2) is 5.83. The zero-order valence-electron chi connectivity index (χ0n) is 11.0. The van der Waals surface area contributed by atoms with Crippen molar-refractivity contribution in [3.63, 3.8) is 0 Å². The Morgan fingerprint density at radius 3 is 2.50 bits per heavy atom. The molecule has 0 heterocycles. The highest BCUT2D eigenvalue weighted by atomic mass is 35.5. The van der Waals surface area contributed by atoms with E-state index in [1.807, 2.05) is 6.07 Å². The van der Waals surface area contributed by atoms with Crippen LogP contribution in [0.1, 0.15) is 5.56 Å². The fourth-order valence-electron chi connectivity index (χ4n) is 1.84. The Balaban J connectivity index is 2.26. The molecule has 0 aliphatic rings. The average molecular weight is 311 g/mol. The molecule has 2 N–H and O–H groups in total. The monoisotopic (exact) mass is 310 g/mol. The number of hydrogen-bond donors (Lipinski definition) is 1. The van der Waals surface area contributed by atoms with Gasteiger partial charge in [0, 0.05) is 24.3 Å². The molecular weight excluding hydrogens is 296 g/mol. The minimum atomic E-state index is -3.56. The molecule has 0 aliphatic carbocycles. The zero-order valence-corrected chi connectivity index (χ0v) is 12.5. The van der Waals surface area contributed by atoms with Crippen LogP contribution in [-0.2, 0) is 16.6 Å². The van der Waals surface area contributed by atoms with Crippen molar-refractivity contribution in [3.05, 3.63) is 59.1 Å². The number of benzene rings is 2. The zero-order chi connectivity index (χ0) is 14.8. The maximum absolute atomic E-state index is 12.4. The molecule has 6 heteroatoms. The SMILES string of the molecule is CN(Cc1cccc(N)c1)S(=O)(=O)c1cccc(Cl)c1. The predicted octanol–water partition coefficient (Wildman–Crippen LogP) is 2.74. The summed E-state index contributed by atoms with van der Waals surface area (Å²) < 4.78 is 26.1. The molecule has 0 unspecified atom stereocenters. The molecule has 0 aromatic heterocycles. The van der Waals surface area contributed by atoms with Gasteiger partial charge in [0.1, 0.15) is 0 Å². The van der Waals surface area contributed by atoms with Gasteiger partial charge in [-0.1, -0.05) is 29.8 Å². The summed E-state index contributed by atoms with van der Waals surface area (Å²) in [5.74, 6) is 0. The Morgan fingerprint density at radius 1 is 1.15 bits per heavy atom. The van der Waals surface area contributed by atoms with E-state index < -0.39 is 10.0 Å². The number of rotatable bonds is 4. The van der Waals surface area contributed by atoms with Crippen LogP contribution in [0.2, 0.25) is 5.02 Å². The maximum atomic E-state index is 12.4. The molecule has 0 atom stereocenters. The first-order valence-corrected chi connectivity index (χ1v) is 7.78. The van der Waals surface area contributed by atoms with Crippen molar-refractivity contribution in [2.75, 3.05) is 12.8 Å². The van der Waals surface area contributed by atoms with Gasteiger partial charge in [-0.25, -0.2) is 8.42 Å². The number of nitrogens with zero attached hydrogens (tertiary/aromatic N) is 1. The molecule has 20 heavy (non-hydrogen) atoms. The van der Waals surface area contributed by atoms with Gasteiger partial charge in [-0.2, -0.15) is 4.31 Å². The van der Waals surface area contributed by atoms with Crippen LogP contribution in [0, 0.1) is 0 Å². The Morgan fingerprint density at radius 2 is 1.85 bits per heavy atom. The van der Waals surface area contributed by atoms with E-state index in [-0.39, 0.29) is 11.4 Å². The van der Waals surface area contributed by atoms with Gasteiger partial charge in [0.05, 0.1) is 4.90 Å². The third-order valence-electron chi connectivity index (χ3n) is 2.86. The third kappa shape index (κ3) is 3.30. The molecule has 0 fully saturated rings. The van der Waals surface area contributed by atoms with Gasteiger partial charge in [0.25, 0.3) is 0 Å². The lowest BCUT2D eigenvalue weighted by Gasteiger charge is -2.17. The van der Waals surface area contributed by atoms with Gasteiger partial charge in [-0.05, 0) is 35.9 Å². The molecule has 2 aromatic carbocycles. The summed E-state index contributed by atoms with van der Waals surface area (Å²) in [5.41, 5.74) is 7.13. The van der Waals surface area contributed by atoms with Crippen molar-refractivity contribution >= 4 is 27.3 Å². The molecule has 2 aromatic rings. The summed E-state index contributed by atoms with van der Waals surface area (Å²) >= 11 is 5.84. The lowest BCUT2D eigenvalue weighted by Crippen LogP contribution is -2.26. The Labute approximate surface area is 123 Å². The first kappa shape index (κ1) is 14.8. The van der Waals surface area contributed by atoms with Crippen molar-refractivity contribution in [3.8, 4) is 0 Å². The molecule has 4 nitrogen and oxygen atoms in total. The lowest BCUT2D eigenvalue weighted by molar-refractivity contribution is 0.467. The van der Waals surface area contributed by atoms with Gasteiger partial charge in [-0.15, -0.1) is 0 Å². The van der Waals surface area contributed by atoms with Crippen molar-refractivity contribution in [2.24, 2.45) is 0 Å². The van der Waals surface area contributed by atoms with E-state index in [4.69, 9.17) is 17.3 Å². The molecule has 0 amide bonds. The van der Waals surface area contributed by atoms with Crippen LogP contribution in [0.4, 0.5) is 5.69 Å². The number of halogens is 1. The summed E-state index contributed by atoms with van der Waals surface area (Å²) in [6.45, 7) is 0.250. The largest absolute Gasteiger partial charge is 0.399 e. The molecule has 0 saturated heterocycles. The number of sulfonamides is 1. The fraction of sp³-hybridized carbons (Fsp3) is 0.143. The number of nitrogens with two attached hydrogens (primary N) is 1. The van der Waals surface area contributed by atoms with Gasteiger partial charge >= 0.3 is 0 Å². The molecule has 0 bridgehead atoms. The molecule has 0 saturated carbocycles. The van der Waals surface area contributed by atoms with Crippen molar-refractivity contribution < 1.29 is 8.42 Å². The van der Waals surface area contributed by atoms with E-state index in [1.54, 1.807) is 30.3 Å². The van der Waals surface area contributed by atoms with Crippen LogP contribution in [0.5, 0.6) is 0 Å².